The topological polar surface area (TPSA) is 89.2 Å². The van der Waals surface area contributed by atoms with Crippen molar-refractivity contribution in [3.05, 3.63) is 38.5 Å². The van der Waals surface area contributed by atoms with Gasteiger partial charge in [0.1, 0.15) is 17.5 Å². The van der Waals surface area contributed by atoms with Gasteiger partial charge in [0.2, 0.25) is 0 Å². The van der Waals surface area contributed by atoms with Crippen molar-refractivity contribution in [2.24, 2.45) is 0 Å². The highest BCUT2D eigenvalue weighted by Gasteiger charge is 2.21. The van der Waals surface area contributed by atoms with Crippen molar-refractivity contribution < 1.29 is 27.8 Å². The molecular weight excluding hydrogens is 378 g/mol. The molecule has 1 atom stereocenters. The van der Waals surface area contributed by atoms with Gasteiger partial charge in [-0.15, -0.1) is 5.10 Å². The van der Waals surface area contributed by atoms with E-state index in [0.717, 1.165) is 12.1 Å². The molecule has 1 aromatic carbocycles. The summed E-state index contributed by atoms with van der Waals surface area (Å²) in [6.07, 6.45) is -2.84. The number of hydrogen-bond acceptors (Lipinski definition) is 5. The van der Waals surface area contributed by atoms with E-state index in [1.807, 2.05) is 0 Å². The highest BCUT2D eigenvalue weighted by atomic mass is 35.5. The monoisotopic (exact) mass is 384 g/mol. The summed E-state index contributed by atoms with van der Waals surface area (Å²) in [6, 6.07) is 1.91. The van der Waals surface area contributed by atoms with Crippen LogP contribution in [0, 0.1) is 6.92 Å². The SMILES string of the molecule is Cc1nn(-c2cc(OC(F)C(=O)[O-])c(Cl)cc2Cl)c(=O)n1C(F)F. The van der Waals surface area contributed by atoms with E-state index in [1.165, 1.54) is 6.92 Å². The van der Waals surface area contributed by atoms with E-state index in [2.05, 4.69) is 9.84 Å². The molecule has 1 aromatic heterocycles. The highest BCUT2D eigenvalue weighted by molar-refractivity contribution is 6.36. The van der Waals surface area contributed by atoms with Gasteiger partial charge in [-0.05, 0) is 13.0 Å². The largest absolute Gasteiger partial charge is 0.543 e. The summed E-state index contributed by atoms with van der Waals surface area (Å²) in [6.45, 7) is -1.97. The van der Waals surface area contributed by atoms with Crippen molar-refractivity contribution in [2.75, 3.05) is 0 Å². The number of benzene rings is 1. The minimum Gasteiger partial charge on any atom is -0.543 e. The number of alkyl halides is 3. The van der Waals surface area contributed by atoms with Crippen LogP contribution in [0.4, 0.5) is 13.2 Å². The van der Waals surface area contributed by atoms with Crippen molar-refractivity contribution in [3.8, 4) is 11.4 Å². The normalized spacial score (nSPS) is 12.5. The zero-order valence-electron chi connectivity index (χ0n) is 11.7. The fraction of sp³-hybridized carbons (Fsp3) is 0.250. The van der Waals surface area contributed by atoms with Crippen molar-refractivity contribution in [1.29, 1.82) is 0 Å². The van der Waals surface area contributed by atoms with Crippen molar-refractivity contribution >= 4 is 29.2 Å². The maximum Gasteiger partial charge on any atom is 0.355 e. The number of halogens is 5. The highest BCUT2D eigenvalue weighted by Crippen LogP contribution is 2.33. The number of aromatic nitrogens is 3. The van der Waals surface area contributed by atoms with Crippen molar-refractivity contribution in [3.63, 3.8) is 0 Å². The predicted octanol–water partition coefficient (Wildman–Crippen LogP) is 1.47. The molecule has 0 aliphatic heterocycles. The Kier molecular flexibility index (Phi) is 5.09. The van der Waals surface area contributed by atoms with Gasteiger partial charge in [0, 0.05) is 6.07 Å². The Hall–Kier alpha value is -2.20. The summed E-state index contributed by atoms with van der Waals surface area (Å²) >= 11 is 11.6. The Morgan fingerprint density at radius 3 is 2.42 bits per heavy atom. The molecule has 0 aliphatic rings. The molecule has 0 N–H and O–H groups in total. The second kappa shape index (κ2) is 6.73. The Morgan fingerprint density at radius 2 is 1.92 bits per heavy atom. The third-order valence-corrected chi connectivity index (χ3v) is 3.42. The number of carbonyl (C=O) groups excluding carboxylic acids is 1. The smallest absolute Gasteiger partial charge is 0.355 e. The minimum absolute atomic E-state index is 0.102. The van der Waals surface area contributed by atoms with Crippen molar-refractivity contribution in [2.45, 2.75) is 19.8 Å². The van der Waals surface area contributed by atoms with Gasteiger partial charge >= 0.3 is 12.2 Å². The molecule has 0 saturated carbocycles. The summed E-state index contributed by atoms with van der Waals surface area (Å²) in [5, 5.41) is 13.6. The molecule has 24 heavy (non-hydrogen) atoms. The number of carboxylic acid groups (broad SMARTS) is 1. The number of aliphatic carboxylic acids is 1. The zero-order chi connectivity index (χ0) is 18.2. The summed E-state index contributed by atoms with van der Waals surface area (Å²) in [5.41, 5.74) is -1.47. The molecule has 7 nitrogen and oxygen atoms in total. The lowest BCUT2D eigenvalue weighted by atomic mass is 10.3. The third-order valence-electron chi connectivity index (χ3n) is 2.82. The molecule has 0 bridgehead atoms. The number of hydrogen-bond donors (Lipinski definition) is 0. The fourth-order valence-corrected chi connectivity index (χ4v) is 2.30. The van der Waals surface area contributed by atoms with E-state index in [9.17, 15) is 27.9 Å². The van der Waals surface area contributed by atoms with Gasteiger partial charge in [0.25, 0.3) is 6.36 Å². The van der Waals surface area contributed by atoms with Gasteiger partial charge in [-0.1, -0.05) is 23.2 Å². The first kappa shape index (κ1) is 18.1. The second-order valence-electron chi connectivity index (χ2n) is 4.38. The van der Waals surface area contributed by atoms with Gasteiger partial charge in [-0.3, -0.25) is 0 Å². The third kappa shape index (κ3) is 3.34. The maximum atomic E-state index is 13.1. The first-order valence-electron chi connectivity index (χ1n) is 6.10. The molecule has 2 aromatic rings. The zero-order valence-corrected chi connectivity index (χ0v) is 13.2. The Labute approximate surface area is 141 Å². The van der Waals surface area contributed by atoms with Crippen LogP contribution in [0.3, 0.4) is 0 Å². The fourth-order valence-electron chi connectivity index (χ4n) is 1.79. The van der Waals surface area contributed by atoms with Gasteiger partial charge in [-0.2, -0.15) is 17.9 Å². The average Bonchev–Trinajstić information content (AvgIpc) is 2.76. The van der Waals surface area contributed by atoms with Crippen LogP contribution in [0.5, 0.6) is 5.75 Å². The lowest BCUT2D eigenvalue weighted by molar-refractivity contribution is -0.320. The number of aryl methyl sites for hydroxylation is 1. The molecule has 0 radical (unpaired) electrons. The molecule has 0 saturated heterocycles. The van der Waals surface area contributed by atoms with Crippen molar-refractivity contribution in [1.82, 2.24) is 14.3 Å². The standard InChI is InChI=1S/C12H8Cl2F3N3O4/c1-4-18-20(12(23)19(4)11(16)17)7-3-8(6(14)2-5(7)13)24-9(15)10(21)22/h2-3,9,11H,1H3,(H,21,22)/p-1. The second-order valence-corrected chi connectivity index (χ2v) is 5.19. The first-order chi connectivity index (χ1) is 11.1. The Bertz CT molecular complexity index is 853. The van der Waals surface area contributed by atoms with Gasteiger partial charge in [0.15, 0.2) is 0 Å². The van der Waals surface area contributed by atoms with Gasteiger partial charge in [-0.25, -0.2) is 9.36 Å². The predicted molar refractivity (Wildman–Crippen MR) is 74.4 cm³/mol. The van der Waals surface area contributed by atoms with E-state index in [-0.39, 0.29) is 26.1 Å². The molecule has 1 heterocycles. The van der Waals surface area contributed by atoms with Crippen LogP contribution in [0.15, 0.2) is 16.9 Å². The molecular formula is C12H7Cl2F3N3O4-. The Balaban J connectivity index is 2.58. The van der Waals surface area contributed by atoms with Gasteiger partial charge in [0.05, 0.1) is 15.7 Å². The number of nitrogens with zero attached hydrogens (tertiary/aromatic N) is 3. The molecule has 12 heteroatoms. The van der Waals surface area contributed by atoms with E-state index in [0.29, 0.717) is 4.68 Å². The summed E-state index contributed by atoms with van der Waals surface area (Å²) < 4.78 is 43.8. The molecule has 0 spiro atoms. The van der Waals surface area contributed by atoms with Crippen LogP contribution in [0.1, 0.15) is 12.4 Å². The number of carbonyl (C=O) groups is 1. The van der Waals surface area contributed by atoms with E-state index in [4.69, 9.17) is 23.2 Å². The van der Waals surface area contributed by atoms with E-state index >= 15 is 0 Å². The van der Waals surface area contributed by atoms with Crippen LogP contribution in [-0.2, 0) is 4.79 Å². The van der Waals surface area contributed by atoms with E-state index < -0.39 is 30.3 Å². The van der Waals surface area contributed by atoms with Gasteiger partial charge < -0.3 is 14.6 Å². The van der Waals surface area contributed by atoms with Crippen LogP contribution in [0.25, 0.3) is 5.69 Å². The lowest BCUT2D eigenvalue weighted by Gasteiger charge is -2.14. The minimum atomic E-state index is -3.14. The molecule has 2 rings (SSSR count). The number of ether oxygens (including phenoxy) is 1. The van der Waals surface area contributed by atoms with E-state index in [1.54, 1.807) is 0 Å². The maximum absolute atomic E-state index is 13.1. The van der Waals surface area contributed by atoms with Crippen LogP contribution in [-0.4, -0.2) is 26.7 Å². The van der Waals surface area contributed by atoms with Crippen LogP contribution >= 0.6 is 23.2 Å². The molecule has 130 valence electrons. The molecule has 0 aliphatic carbocycles. The number of carboxylic acids is 1. The molecule has 1 unspecified atom stereocenters. The summed E-state index contributed by atoms with van der Waals surface area (Å²) in [7, 11) is 0. The summed E-state index contributed by atoms with van der Waals surface area (Å²) in [4.78, 5) is 22.4. The summed E-state index contributed by atoms with van der Waals surface area (Å²) in [5.74, 6) is -2.96. The quantitative estimate of drug-likeness (QED) is 0.778. The molecule has 0 amide bonds. The average molecular weight is 385 g/mol. The van der Waals surface area contributed by atoms with Crippen LogP contribution < -0.4 is 15.5 Å². The molecule has 0 fully saturated rings. The Morgan fingerprint density at radius 1 is 1.29 bits per heavy atom. The number of rotatable bonds is 5. The first-order valence-corrected chi connectivity index (χ1v) is 6.86. The van der Waals surface area contributed by atoms with Crippen LogP contribution in [0.2, 0.25) is 10.0 Å². The lowest BCUT2D eigenvalue weighted by Crippen LogP contribution is -2.36.